The minimum atomic E-state index is -4.50. The molecule has 0 bridgehead atoms. The number of hydrogen-bond acceptors (Lipinski definition) is 3. The van der Waals surface area contributed by atoms with E-state index in [0.29, 0.717) is 16.6 Å². The quantitative estimate of drug-likeness (QED) is 0.565. The van der Waals surface area contributed by atoms with Crippen molar-refractivity contribution in [3.63, 3.8) is 0 Å². The van der Waals surface area contributed by atoms with Gasteiger partial charge in [0, 0.05) is 12.6 Å². The predicted octanol–water partition coefficient (Wildman–Crippen LogP) is 4.32. The molecule has 3 aromatic rings. The number of aromatic nitrogens is 2. The maximum Gasteiger partial charge on any atom is 0.416 e. The molecule has 0 saturated carbocycles. The molecule has 2 aromatic carbocycles. The van der Waals surface area contributed by atoms with Crippen LogP contribution >= 0.6 is 0 Å². The van der Waals surface area contributed by atoms with Crippen molar-refractivity contribution in [2.45, 2.75) is 25.6 Å². The highest BCUT2D eigenvalue weighted by Gasteiger charge is 2.31. The van der Waals surface area contributed by atoms with Gasteiger partial charge in [-0.3, -0.25) is 4.79 Å². The summed E-state index contributed by atoms with van der Waals surface area (Å²) >= 11 is 0. The molecule has 0 aliphatic rings. The zero-order chi connectivity index (χ0) is 20.5. The second kappa shape index (κ2) is 7.49. The molecular weight excluding hydrogens is 376 g/mol. The van der Waals surface area contributed by atoms with Gasteiger partial charge in [0.15, 0.2) is 0 Å². The Morgan fingerprint density at radius 3 is 2.68 bits per heavy atom. The zero-order valence-electron chi connectivity index (χ0n) is 15.1. The van der Waals surface area contributed by atoms with Gasteiger partial charge in [-0.25, -0.2) is 9.37 Å². The number of fused-ring (bicyclic) bond motifs is 1. The van der Waals surface area contributed by atoms with Gasteiger partial charge in [0.1, 0.15) is 5.82 Å². The van der Waals surface area contributed by atoms with Crippen molar-refractivity contribution in [1.29, 1.82) is 0 Å². The molecule has 1 atom stereocenters. The highest BCUT2D eigenvalue weighted by Crippen LogP contribution is 2.32. The molecule has 148 valence electrons. The van der Waals surface area contributed by atoms with Gasteiger partial charge in [0.05, 0.1) is 29.1 Å². The summed E-state index contributed by atoms with van der Waals surface area (Å²) in [7, 11) is 1.44. The van der Waals surface area contributed by atoms with Crippen LogP contribution < -0.4 is 10.6 Å². The molecule has 0 aliphatic carbocycles. The van der Waals surface area contributed by atoms with Gasteiger partial charge in [0.2, 0.25) is 11.9 Å². The number of aromatic amines is 1. The topological polar surface area (TPSA) is 69.8 Å². The molecule has 1 unspecified atom stereocenters. The number of alkyl halides is 3. The number of aryl methyl sites for hydroxylation is 1. The number of imidazole rings is 1. The molecule has 5 nitrogen and oxygen atoms in total. The number of amides is 1. The second-order valence-corrected chi connectivity index (χ2v) is 6.35. The average molecular weight is 394 g/mol. The van der Waals surface area contributed by atoms with Gasteiger partial charge >= 0.3 is 6.18 Å². The lowest BCUT2D eigenvalue weighted by atomic mass is 10.0. The maximum atomic E-state index is 13.7. The van der Waals surface area contributed by atoms with Crippen molar-refractivity contribution in [2.75, 3.05) is 12.4 Å². The van der Waals surface area contributed by atoms with Crippen LogP contribution in [0.4, 0.5) is 23.5 Å². The van der Waals surface area contributed by atoms with Crippen molar-refractivity contribution in [2.24, 2.45) is 0 Å². The first-order valence-electron chi connectivity index (χ1n) is 8.48. The first-order valence-corrected chi connectivity index (χ1v) is 8.48. The second-order valence-electron chi connectivity index (χ2n) is 6.35. The molecule has 0 saturated heterocycles. The molecule has 0 spiro atoms. The Balaban J connectivity index is 1.97. The molecule has 1 amide bonds. The smallest absolute Gasteiger partial charge is 0.359 e. The molecule has 0 radical (unpaired) electrons. The molecule has 0 fully saturated rings. The first-order chi connectivity index (χ1) is 13.2. The van der Waals surface area contributed by atoms with Crippen LogP contribution in [-0.2, 0) is 11.0 Å². The van der Waals surface area contributed by atoms with Crippen LogP contribution in [0, 0.1) is 12.7 Å². The molecule has 3 N–H and O–H groups in total. The van der Waals surface area contributed by atoms with E-state index in [0.717, 1.165) is 12.1 Å². The Bertz CT molecular complexity index is 1010. The number of carbonyl (C=O) groups excluding carboxylic acids is 1. The molecule has 9 heteroatoms. The lowest BCUT2D eigenvalue weighted by Crippen LogP contribution is -2.24. The van der Waals surface area contributed by atoms with Crippen LogP contribution in [0.5, 0.6) is 0 Å². The molecule has 28 heavy (non-hydrogen) atoms. The Morgan fingerprint density at radius 2 is 2.00 bits per heavy atom. The third kappa shape index (κ3) is 4.08. The number of anilines is 1. The summed E-state index contributed by atoms with van der Waals surface area (Å²) in [5.74, 6) is -0.534. The van der Waals surface area contributed by atoms with E-state index in [2.05, 4.69) is 20.6 Å². The number of nitrogens with zero attached hydrogens (tertiary/aromatic N) is 1. The van der Waals surface area contributed by atoms with Crippen LogP contribution in [0.2, 0.25) is 0 Å². The SMILES string of the molecule is CNC(=O)CC(Nc1nc2c(C)c(F)ccc2[nH]1)c1cccc(C(F)(F)F)c1. The van der Waals surface area contributed by atoms with Gasteiger partial charge in [-0.1, -0.05) is 12.1 Å². The fraction of sp³-hybridized carbons (Fsp3) is 0.263. The van der Waals surface area contributed by atoms with Crippen molar-refractivity contribution in [1.82, 2.24) is 15.3 Å². The highest BCUT2D eigenvalue weighted by atomic mass is 19.4. The summed E-state index contributed by atoms with van der Waals surface area (Å²) in [5.41, 5.74) is 0.802. The number of carbonyl (C=O) groups is 1. The number of halogens is 4. The fourth-order valence-electron chi connectivity index (χ4n) is 2.89. The number of nitrogens with one attached hydrogen (secondary N) is 3. The summed E-state index contributed by atoms with van der Waals surface area (Å²) in [4.78, 5) is 19.1. The lowest BCUT2D eigenvalue weighted by Gasteiger charge is -2.19. The van der Waals surface area contributed by atoms with Crippen LogP contribution in [-0.4, -0.2) is 22.9 Å². The molecule has 1 heterocycles. The largest absolute Gasteiger partial charge is 0.416 e. The number of benzene rings is 2. The Labute approximate surface area is 158 Å². The van der Waals surface area contributed by atoms with Crippen LogP contribution in [0.25, 0.3) is 11.0 Å². The lowest BCUT2D eigenvalue weighted by molar-refractivity contribution is -0.137. The summed E-state index contributed by atoms with van der Waals surface area (Å²) in [6.45, 7) is 1.58. The van der Waals surface area contributed by atoms with Crippen molar-refractivity contribution >= 4 is 22.9 Å². The van der Waals surface area contributed by atoms with E-state index in [-0.39, 0.29) is 23.8 Å². The number of hydrogen-bond donors (Lipinski definition) is 3. The fourth-order valence-corrected chi connectivity index (χ4v) is 2.89. The van der Waals surface area contributed by atoms with E-state index in [1.165, 1.54) is 31.3 Å². The maximum absolute atomic E-state index is 13.7. The Morgan fingerprint density at radius 1 is 1.25 bits per heavy atom. The van der Waals surface area contributed by atoms with E-state index >= 15 is 0 Å². The molecule has 3 rings (SSSR count). The average Bonchev–Trinajstić information content (AvgIpc) is 3.07. The van der Waals surface area contributed by atoms with E-state index < -0.39 is 23.6 Å². The van der Waals surface area contributed by atoms with Crippen molar-refractivity contribution in [3.05, 3.63) is 58.9 Å². The summed E-state index contributed by atoms with van der Waals surface area (Å²) in [5, 5.41) is 5.42. The molecule has 1 aromatic heterocycles. The standard InChI is InChI=1S/C19H18F4N4O/c1-10-13(20)6-7-14-17(10)27-18(25-14)26-15(9-16(28)24-2)11-4-3-5-12(8-11)19(21,22)23/h3-8,15H,9H2,1-2H3,(H,24,28)(H2,25,26,27). The van der Waals surface area contributed by atoms with Crippen LogP contribution in [0.1, 0.15) is 29.2 Å². The van der Waals surface area contributed by atoms with Crippen molar-refractivity contribution in [3.8, 4) is 0 Å². The van der Waals surface area contributed by atoms with Gasteiger partial charge < -0.3 is 15.6 Å². The van der Waals surface area contributed by atoms with Crippen LogP contribution in [0.3, 0.4) is 0 Å². The van der Waals surface area contributed by atoms with Crippen LogP contribution in [0.15, 0.2) is 36.4 Å². The van der Waals surface area contributed by atoms with Gasteiger partial charge in [0.25, 0.3) is 0 Å². The minimum Gasteiger partial charge on any atom is -0.359 e. The molecular formula is C19H18F4N4O. The normalized spacial score (nSPS) is 12.8. The van der Waals surface area contributed by atoms with E-state index in [4.69, 9.17) is 0 Å². The minimum absolute atomic E-state index is 0.109. The van der Waals surface area contributed by atoms with Gasteiger partial charge in [-0.2, -0.15) is 13.2 Å². The summed E-state index contributed by atoms with van der Waals surface area (Å²) in [6.07, 6.45) is -4.61. The number of rotatable bonds is 5. The van der Waals surface area contributed by atoms with Crippen molar-refractivity contribution < 1.29 is 22.4 Å². The monoisotopic (exact) mass is 394 g/mol. The van der Waals surface area contributed by atoms with E-state index in [9.17, 15) is 22.4 Å². The van der Waals surface area contributed by atoms with E-state index in [1.807, 2.05) is 0 Å². The molecule has 0 aliphatic heterocycles. The Hall–Kier alpha value is -3.10. The third-order valence-electron chi connectivity index (χ3n) is 4.44. The van der Waals surface area contributed by atoms with Gasteiger partial charge in [-0.15, -0.1) is 0 Å². The zero-order valence-corrected chi connectivity index (χ0v) is 15.1. The van der Waals surface area contributed by atoms with Gasteiger partial charge in [-0.05, 0) is 36.8 Å². The first kappa shape index (κ1) is 19.7. The Kier molecular flexibility index (Phi) is 5.26. The summed E-state index contributed by atoms with van der Waals surface area (Å²) in [6, 6.07) is 6.80. The summed E-state index contributed by atoms with van der Waals surface area (Å²) < 4.78 is 52.9. The van der Waals surface area contributed by atoms with E-state index in [1.54, 1.807) is 6.92 Å². The number of H-pyrrole nitrogens is 1. The third-order valence-corrected chi connectivity index (χ3v) is 4.44. The highest BCUT2D eigenvalue weighted by molar-refractivity contribution is 5.81. The predicted molar refractivity (Wildman–Crippen MR) is 97.3 cm³/mol.